The number of ketones is 1. The molecule has 7 heteroatoms. The fraction of sp³-hybridized carbons (Fsp3) is 0.136. The SMILES string of the molecule is COc1cc(/C=C/C(=O)c2ccc(C)s2)ccc1OCc1ccc([N+](=O)[O-])cc1. The summed E-state index contributed by atoms with van der Waals surface area (Å²) < 4.78 is 11.2. The monoisotopic (exact) mass is 409 g/mol. The Morgan fingerprint density at radius 1 is 1.10 bits per heavy atom. The Hall–Kier alpha value is -3.45. The summed E-state index contributed by atoms with van der Waals surface area (Å²) in [5, 5.41) is 10.7. The van der Waals surface area contributed by atoms with E-state index in [1.165, 1.54) is 29.5 Å². The predicted molar refractivity (Wildman–Crippen MR) is 113 cm³/mol. The Bertz CT molecular complexity index is 1050. The van der Waals surface area contributed by atoms with Crippen molar-refractivity contribution in [3.63, 3.8) is 0 Å². The molecule has 0 atom stereocenters. The molecule has 2 aromatic carbocycles. The standard InChI is InChI=1S/C22H19NO5S/c1-15-3-12-22(29-15)19(24)10-6-16-7-11-20(21(13-16)27-2)28-14-17-4-8-18(9-5-17)23(25)26/h3-13H,14H2,1-2H3/b10-6+. The highest BCUT2D eigenvalue weighted by Crippen LogP contribution is 2.29. The van der Waals surface area contributed by atoms with E-state index in [1.54, 1.807) is 37.5 Å². The summed E-state index contributed by atoms with van der Waals surface area (Å²) in [6, 6.07) is 15.3. The quantitative estimate of drug-likeness (QED) is 0.214. The maximum Gasteiger partial charge on any atom is 0.269 e. The van der Waals surface area contributed by atoms with E-state index >= 15 is 0 Å². The third-order valence-corrected chi connectivity index (χ3v) is 5.15. The number of carbonyl (C=O) groups is 1. The summed E-state index contributed by atoms with van der Waals surface area (Å²) in [5.41, 5.74) is 1.65. The van der Waals surface area contributed by atoms with Crippen LogP contribution in [-0.2, 0) is 6.61 Å². The van der Waals surface area contributed by atoms with Crippen molar-refractivity contribution in [3.8, 4) is 11.5 Å². The number of hydrogen-bond acceptors (Lipinski definition) is 6. The minimum atomic E-state index is -0.440. The minimum absolute atomic E-state index is 0.0368. The Kier molecular flexibility index (Phi) is 6.41. The van der Waals surface area contributed by atoms with E-state index in [-0.39, 0.29) is 18.1 Å². The van der Waals surface area contributed by atoms with E-state index in [0.717, 1.165) is 16.0 Å². The summed E-state index contributed by atoms with van der Waals surface area (Å²) >= 11 is 1.47. The molecule has 6 nitrogen and oxygen atoms in total. The van der Waals surface area contributed by atoms with E-state index in [9.17, 15) is 14.9 Å². The molecule has 1 heterocycles. The molecule has 0 bridgehead atoms. The van der Waals surface area contributed by atoms with Crippen molar-refractivity contribution in [2.24, 2.45) is 0 Å². The molecule has 148 valence electrons. The number of methoxy groups -OCH3 is 1. The first-order valence-corrected chi connectivity index (χ1v) is 9.61. The van der Waals surface area contributed by atoms with Crippen molar-refractivity contribution in [3.05, 3.63) is 91.7 Å². The summed E-state index contributed by atoms with van der Waals surface area (Å²) in [4.78, 5) is 24.3. The summed E-state index contributed by atoms with van der Waals surface area (Å²) in [6.07, 6.45) is 3.28. The molecule has 3 rings (SSSR count). The molecule has 0 amide bonds. The van der Waals surface area contributed by atoms with Gasteiger partial charge in [-0.05, 0) is 60.5 Å². The molecule has 0 aliphatic carbocycles. The summed E-state index contributed by atoms with van der Waals surface area (Å²) in [7, 11) is 1.54. The number of nitro groups is 1. The number of ether oxygens (including phenoxy) is 2. The van der Waals surface area contributed by atoms with E-state index in [4.69, 9.17) is 9.47 Å². The molecule has 0 radical (unpaired) electrons. The Balaban J connectivity index is 1.67. The van der Waals surface area contributed by atoms with Crippen molar-refractivity contribution in [1.82, 2.24) is 0 Å². The van der Waals surface area contributed by atoms with Gasteiger partial charge in [-0.25, -0.2) is 0 Å². The first kappa shape index (κ1) is 20.3. The molecule has 0 unspecified atom stereocenters. The molecule has 0 saturated heterocycles. The molecule has 0 aliphatic heterocycles. The van der Waals surface area contributed by atoms with Gasteiger partial charge in [0.05, 0.1) is 16.9 Å². The maximum absolute atomic E-state index is 12.2. The van der Waals surface area contributed by atoms with Crippen LogP contribution in [0.1, 0.15) is 25.7 Å². The predicted octanol–water partition coefficient (Wildman–Crippen LogP) is 5.45. The van der Waals surface area contributed by atoms with Gasteiger partial charge >= 0.3 is 0 Å². The molecule has 0 saturated carbocycles. The second-order valence-corrected chi connectivity index (χ2v) is 7.52. The van der Waals surface area contributed by atoms with Crippen molar-refractivity contribution < 1.29 is 19.2 Å². The highest BCUT2D eigenvalue weighted by atomic mass is 32.1. The lowest BCUT2D eigenvalue weighted by Gasteiger charge is -2.11. The first-order valence-electron chi connectivity index (χ1n) is 8.79. The van der Waals surface area contributed by atoms with Gasteiger partial charge in [0.15, 0.2) is 17.3 Å². The molecule has 0 spiro atoms. The van der Waals surface area contributed by atoms with Crippen LogP contribution in [0.4, 0.5) is 5.69 Å². The molecule has 0 N–H and O–H groups in total. The molecule has 0 fully saturated rings. The number of thiophene rings is 1. The number of hydrogen-bond donors (Lipinski definition) is 0. The van der Waals surface area contributed by atoms with Crippen LogP contribution >= 0.6 is 11.3 Å². The molecular weight excluding hydrogens is 390 g/mol. The minimum Gasteiger partial charge on any atom is -0.493 e. The van der Waals surface area contributed by atoms with Gasteiger partial charge < -0.3 is 9.47 Å². The number of benzene rings is 2. The zero-order valence-corrected chi connectivity index (χ0v) is 16.8. The molecule has 0 aliphatic rings. The van der Waals surface area contributed by atoms with E-state index < -0.39 is 4.92 Å². The number of nitro benzene ring substituents is 1. The topological polar surface area (TPSA) is 78.7 Å². The Labute approximate surface area is 172 Å². The van der Waals surface area contributed by atoms with Gasteiger partial charge in [0.25, 0.3) is 5.69 Å². The highest BCUT2D eigenvalue weighted by molar-refractivity contribution is 7.14. The Morgan fingerprint density at radius 2 is 1.86 bits per heavy atom. The second-order valence-electron chi connectivity index (χ2n) is 6.23. The smallest absolute Gasteiger partial charge is 0.269 e. The van der Waals surface area contributed by atoms with Gasteiger partial charge in [0.1, 0.15) is 6.61 Å². The van der Waals surface area contributed by atoms with Crippen LogP contribution < -0.4 is 9.47 Å². The normalized spacial score (nSPS) is 10.8. The van der Waals surface area contributed by atoms with Gasteiger partial charge in [-0.1, -0.05) is 12.1 Å². The van der Waals surface area contributed by atoms with Gasteiger partial charge in [-0.3, -0.25) is 14.9 Å². The van der Waals surface area contributed by atoms with Crippen LogP contribution in [0.3, 0.4) is 0 Å². The van der Waals surface area contributed by atoms with Crippen molar-refractivity contribution in [1.29, 1.82) is 0 Å². The lowest BCUT2D eigenvalue weighted by molar-refractivity contribution is -0.384. The summed E-state index contributed by atoms with van der Waals surface area (Å²) in [5.74, 6) is 1.04. The van der Waals surface area contributed by atoms with Gasteiger partial charge in [-0.15, -0.1) is 11.3 Å². The molecule has 1 aromatic heterocycles. The van der Waals surface area contributed by atoms with Crippen LogP contribution in [0.15, 0.2) is 60.7 Å². The molecule has 3 aromatic rings. The average molecular weight is 409 g/mol. The van der Waals surface area contributed by atoms with Crippen LogP contribution in [0.2, 0.25) is 0 Å². The van der Waals surface area contributed by atoms with E-state index in [2.05, 4.69) is 0 Å². The lowest BCUT2D eigenvalue weighted by atomic mass is 10.1. The fourth-order valence-corrected chi connectivity index (χ4v) is 3.39. The number of nitrogens with zero attached hydrogens (tertiary/aromatic N) is 1. The average Bonchev–Trinajstić information content (AvgIpc) is 3.17. The lowest BCUT2D eigenvalue weighted by Crippen LogP contribution is -1.98. The summed E-state index contributed by atoms with van der Waals surface area (Å²) in [6.45, 7) is 2.21. The number of non-ortho nitro benzene ring substituents is 1. The maximum atomic E-state index is 12.2. The fourth-order valence-electron chi connectivity index (χ4n) is 2.60. The van der Waals surface area contributed by atoms with Gasteiger partial charge in [0.2, 0.25) is 0 Å². The van der Waals surface area contributed by atoms with Gasteiger partial charge in [-0.2, -0.15) is 0 Å². The zero-order chi connectivity index (χ0) is 20.8. The van der Waals surface area contributed by atoms with Crippen LogP contribution in [0.25, 0.3) is 6.08 Å². The zero-order valence-electron chi connectivity index (χ0n) is 16.0. The van der Waals surface area contributed by atoms with Gasteiger partial charge in [0, 0.05) is 17.0 Å². The van der Waals surface area contributed by atoms with Crippen LogP contribution in [0, 0.1) is 17.0 Å². The molecular formula is C22H19NO5S. The van der Waals surface area contributed by atoms with Crippen molar-refractivity contribution in [2.75, 3.05) is 7.11 Å². The van der Waals surface area contributed by atoms with Crippen molar-refractivity contribution in [2.45, 2.75) is 13.5 Å². The number of rotatable bonds is 8. The number of allylic oxidation sites excluding steroid dienone is 1. The number of carbonyl (C=O) groups excluding carboxylic acids is 1. The molecule has 29 heavy (non-hydrogen) atoms. The van der Waals surface area contributed by atoms with Crippen LogP contribution in [-0.4, -0.2) is 17.8 Å². The largest absolute Gasteiger partial charge is 0.493 e. The van der Waals surface area contributed by atoms with E-state index in [0.29, 0.717) is 16.4 Å². The third kappa shape index (κ3) is 5.30. The van der Waals surface area contributed by atoms with E-state index in [1.807, 2.05) is 25.1 Å². The van der Waals surface area contributed by atoms with Crippen molar-refractivity contribution >= 4 is 28.9 Å². The number of aryl methyl sites for hydroxylation is 1. The second kappa shape index (κ2) is 9.16. The Morgan fingerprint density at radius 3 is 2.48 bits per heavy atom. The highest BCUT2D eigenvalue weighted by Gasteiger charge is 2.08. The third-order valence-electron chi connectivity index (χ3n) is 4.14. The first-order chi connectivity index (χ1) is 14.0. The van der Waals surface area contributed by atoms with Crippen LogP contribution in [0.5, 0.6) is 11.5 Å².